The summed E-state index contributed by atoms with van der Waals surface area (Å²) in [6.45, 7) is 4.34. The summed E-state index contributed by atoms with van der Waals surface area (Å²) in [5.74, 6) is 0.0385. The molecule has 1 aliphatic rings. The lowest BCUT2D eigenvalue weighted by Gasteiger charge is -2.18. The number of nitrogens with one attached hydrogen (secondary N) is 1. The van der Waals surface area contributed by atoms with E-state index in [-0.39, 0.29) is 11.9 Å². The molecule has 4 nitrogen and oxygen atoms in total. The van der Waals surface area contributed by atoms with Gasteiger partial charge in [-0.3, -0.25) is 4.79 Å². The van der Waals surface area contributed by atoms with Crippen molar-refractivity contribution < 1.29 is 14.3 Å². The molecular weight excluding hydrogens is 370 g/mol. The van der Waals surface area contributed by atoms with E-state index < -0.39 is 0 Å². The van der Waals surface area contributed by atoms with Crippen LogP contribution >= 0.6 is 11.3 Å². The number of benzene rings is 2. The highest BCUT2D eigenvalue weighted by atomic mass is 32.1. The van der Waals surface area contributed by atoms with Crippen LogP contribution < -0.4 is 5.32 Å². The largest absolute Gasteiger partial charge is 0.462 e. The van der Waals surface area contributed by atoms with E-state index in [1.54, 1.807) is 6.92 Å². The summed E-state index contributed by atoms with van der Waals surface area (Å²) in [5, 5.41) is 5.69. The SMILES string of the molecule is CCOC(=O)c1c(NC(=O)c2ccc3ccccc3c2)sc2c1CCC(C)C2. The fourth-order valence-electron chi connectivity index (χ4n) is 3.76. The molecule has 0 saturated heterocycles. The number of thiophene rings is 1. The van der Waals surface area contributed by atoms with Crippen molar-refractivity contribution in [2.75, 3.05) is 11.9 Å². The van der Waals surface area contributed by atoms with Crippen molar-refractivity contribution in [3.63, 3.8) is 0 Å². The van der Waals surface area contributed by atoms with Crippen LogP contribution in [0.2, 0.25) is 0 Å². The zero-order valence-corrected chi connectivity index (χ0v) is 16.9. The Morgan fingerprint density at radius 3 is 2.75 bits per heavy atom. The van der Waals surface area contributed by atoms with Crippen LogP contribution in [0, 0.1) is 5.92 Å². The predicted octanol–water partition coefficient (Wildman–Crippen LogP) is 5.46. The zero-order valence-electron chi connectivity index (χ0n) is 16.1. The van der Waals surface area contributed by atoms with E-state index in [0.29, 0.717) is 28.7 Å². The molecule has 0 fully saturated rings. The Morgan fingerprint density at radius 1 is 1.18 bits per heavy atom. The molecule has 1 amide bonds. The highest BCUT2D eigenvalue weighted by Gasteiger charge is 2.29. The van der Waals surface area contributed by atoms with E-state index in [0.717, 1.165) is 35.6 Å². The van der Waals surface area contributed by atoms with Crippen molar-refractivity contribution in [2.24, 2.45) is 5.92 Å². The van der Waals surface area contributed by atoms with Gasteiger partial charge in [-0.2, -0.15) is 0 Å². The molecule has 1 heterocycles. The highest BCUT2D eigenvalue weighted by Crippen LogP contribution is 2.40. The smallest absolute Gasteiger partial charge is 0.341 e. The third kappa shape index (κ3) is 3.54. The molecule has 0 saturated carbocycles. The van der Waals surface area contributed by atoms with Crippen molar-refractivity contribution in [1.29, 1.82) is 0 Å². The van der Waals surface area contributed by atoms with Crippen LogP contribution in [-0.4, -0.2) is 18.5 Å². The van der Waals surface area contributed by atoms with Gasteiger partial charge in [-0.25, -0.2) is 4.79 Å². The van der Waals surface area contributed by atoms with Gasteiger partial charge in [-0.05, 0) is 60.6 Å². The summed E-state index contributed by atoms with van der Waals surface area (Å²) < 4.78 is 5.28. The Balaban J connectivity index is 1.67. The molecule has 0 spiro atoms. The predicted molar refractivity (Wildman–Crippen MR) is 113 cm³/mol. The number of ether oxygens (including phenoxy) is 1. The summed E-state index contributed by atoms with van der Waals surface area (Å²) in [6.07, 6.45) is 2.85. The first-order chi connectivity index (χ1) is 13.6. The van der Waals surface area contributed by atoms with Gasteiger partial charge in [0.25, 0.3) is 5.91 Å². The molecule has 1 atom stereocenters. The lowest BCUT2D eigenvalue weighted by molar-refractivity contribution is 0.0526. The van der Waals surface area contributed by atoms with Gasteiger partial charge in [0.2, 0.25) is 0 Å². The Labute approximate surface area is 168 Å². The minimum absolute atomic E-state index is 0.206. The third-order valence-electron chi connectivity index (χ3n) is 5.23. The van der Waals surface area contributed by atoms with Crippen molar-refractivity contribution in [2.45, 2.75) is 33.1 Å². The first kappa shape index (κ1) is 18.7. The third-order valence-corrected chi connectivity index (χ3v) is 6.40. The molecule has 1 unspecified atom stereocenters. The van der Waals surface area contributed by atoms with Crippen LogP contribution in [0.3, 0.4) is 0 Å². The summed E-state index contributed by atoms with van der Waals surface area (Å²) in [6, 6.07) is 13.6. The number of carbonyl (C=O) groups excluding carboxylic acids is 2. The molecule has 1 aromatic heterocycles. The van der Waals surface area contributed by atoms with Crippen LogP contribution in [-0.2, 0) is 17.6 Å². The molecular formula is C23H23NO3S. The van der Waals surface area contributed by atoms with E-state index in [9.17, 15) is 9.59 Å². The molecule has 144 valence electrons. The van der Waals surface area contributed by atoms with E-state index in [1.165, 1.54) is 16.2 Å². The van der Waals surface area contributed by atoms with Gasteiger partial charge < -0.3 is 10.1 Å². The number of carbonyl (C=O) groups is 2. The normalized spacial score (nSPS) is 15.9. The van der Waals surface area contributed by atoms with Crippen molar-refractivity contribution in [3.8, 4) is 0 Å². The van der Waals surface area contributed by atoms with E-state index >= 15 is 0 Å². The minimum atomic E-state index is -0.344. The molecule has 0 radical (unpaired) electrons. The lowest BCUT2D eigenvalue weighted by Crippen LogP contribution is -2.16. The van der Waals surface area contributed by atoms with Crippen LogP contribution in [0.25, 0.3) is 10.8 Å². The Hall–Kier alpha value is -2.66. The van der Waals surface area contributed by atoms with Gasteiger partial charge >= 0.3 is 5.97 Å². The molecule has 5 heteroatoms. The van der Waals surface area contributed by atoms with Crippen LogP contribution in [0.4, 0.5) is 5.00 Å². The Kier molecular flexibility index (Phi) is 5.18. The topological polar surface area (TPSA) is 55.4 Å². The van der Waals surface area contributed by atoms with E-state index in [4.69, 9.17) is 4.74 Å². The number of amides is 1. The van der Waals surface area contributed by atoms with Gasteiger partial charge in [0.05, 0.1) is 12.2 Å². The number of esters is 1. The number of rotatable bonds is 4. The second-order valence-electron chi connectivity index (χ2n) is 7.29. The summed E-state index contributed by atoms with van der Waals surface area (Å²) in [4.78, 5) is 26.7. The van der Waals surface area contributed by atoms with Gasteiger partial charge in [-0.15, -0.1) is 11.3 Å². The van der Waals surface area contributed by atoms with Gasteiger partial charge in [-0.1, -0.05) is 37.3 Å². The van der Waals surface area contributed by atoms with Crippen LogP contribution in [0.5, 0.6) is 0 Å². The second kappa shape index (κ2) is 7.76. The van der Waals surface area contributed by atoms with Crippen molar-refractivity contribution in [1.82, 2.24) is 0 Å². The fourth-order valence-corrected chi connectivity index (χ4v) is 5.16. The fraction of sp³-hybridized carbons (Fsp3) is 0.304. The maximum absolute atomic E-state index is 12.9. The molecule has 1 N–H and O–H groups in total. The number of anilines is 1. The van der Waals surface area contributed by atoms with E-state index in [1.807, 2.05) is 42.5 Å². The van der Waals surface area contributed by atoms with Crippen molar-refractivity contribution in [3.05, 3.63) is 64.0 Å². The number of hydrogen-bond acceptors (Lipinski definition) is 4. The van der Waals surface area contributed by atoms with Gasteiger partial charge in [0.1, 0.15) is 5.00 Å². The zero-order chi connectivity index (χ0) is 19.7. The average molecular weight is 394 g/mol. The molecule has 0 aliphatic heterocycles. The van der Waals surface area contributed by atoms with Gasteiger partial charge in [0.15, 0.2) is 0 Å². The molecule has 1 aliphatic carbocycles. The lowest BCUT2D eigenvalue weighted by atomic mass is 9.88. The maximum Gasteiger partial charge on any atom is 0.341 e. The average Bonchev–Trinajstić information content (AvgIpc) is 3.04. The molecule has 0 bridgehead atoms. The molecule has 3 aromatic rings. The van der Waals surface area contributed by atoms with Gasteiger partial charge in [0, 0.05) is 10.4 Å². The van der Waals surface area contributed by atoms with Crippen LogP contribution in [0.15, 0.2) is 42.5 Å². The quantitative estimate of drug-likeness (QED) is 0.599. The van der Waals surface area contributed by atoms with Crippen molar-refractivity contribution >= 4 is 39.0 Å². The Morgan fingerprint density at radius 2 is 1.96 bits per heavy atom. The summed E-state index contributed by atoms with van der Waals surface area (Å²) in [5.41, 5.74) is 2.17. The number of fused-ring (bicyclic) bond motifs is 2. The first-order valence-electron chi connectivity index (χ1n) is 9.68. The molecule has 28 heavy (non-hydrogen) atoms. The second-order valence-corrected chi connectivity index (χ2v) is 8.40. The monoisotopic (exact) mass is 393 g/mol. The number of hydrogen-bond donors (Lipinski definition) is 1. The highest BCUT2D eigenvalue weighted by molar-refractivity contribution is 7.17. The maximum atomic E-state index is 12.9. The minimum Gasteiger partial charge on any atom is -0.462 e. The standard InChI is InChI=1S/C23H23NO3S/c1-3-27-23(26)20-18-11-8-14(2)12-19(18)28-22(20)24-21(25)17-10-9-15-6-4-5-7-16(15)13-17/h4-7,9-10,13-14H,3,8,11-12H2,1-2H3,(H,24,25). The molecule has 2 aromatic carbocycles. The summed E-state index contributed by atoms with van der Waals surface area (Å²) >= 11 is 1.51. The van der Waals surface area contributed by atoms with E-state index in [2.05, 4.69) is 12.2 Å². The molecule has 4 rings (SSSR count). The Bertz CT molecular complexity index is 1050. The summed E-state index contributed by atoms with van der Waals surface area (Å²) in [7, 11) is 0. The first-order valence-corrected chi connectivity index (χ1v) is 10.5. The van der Waals surface area contributed by atoms with Crippen LogP contribution in [0.1, 0.15) is 51.4 Å².